The molecule has 25 heavy (non-hydrogen) atoms. The second kappa shape index (κ2) is 7.63. The van der Waals surface area contributed by atoms with Crippen LogP contribution in [0, 0.1) is 16.0 Å². The molecule has 0 saturated carbocycles. The van der Waals surface area contributed by atoms with E-state index in [0.29, 0.717) is 24.8 Å². The van der Waals surface area contributed by atoms with Crippen LogP contribution in [0.3, 0.4) is 0 Å². The molecule has 2 aromatic carbocycles. The van der Waals surface area contributed by atoms with E-state index in [9.17, 15) is 10.1 Å². The highest BCUT2D eigenvalue weighted by atomic mass is 16.7. The van der Waals surface area contributed by atoms with E-state index in [1.807, 2.05) is 18.2 Å². The average molecular weight is 342 g/mol. The number of fused-ring (bicyclic) bond motifs is 1. The quantitative estimate of drug-likeness (QED) is 0.635. The molecule has 1 N–H and O–H groups in total. The molecule has 2 aromatic rings. The van der Waals surface area contributed by atoms with Crippen LogP contribution in [0.15, 0.2) is 42.5 Å². The molecule has 6 heteroatoms. The summed E-state index contributed by atoms with van der Waals surface area (Å²) in [5, 5.41) is 14.7. The monoisotopic (exact) mass is 342 g/mol. The normalized spacial score (nSPS) is 14.7. The molecule has 0 saturated heterocycles. The topological polar surface area (TPSA) is 73.6 Å². The van der Waals surface area contributed by atoms with Crippen LogP contribution < -0.4 is 10.1 Å². The van der Waals surface area contributed by atoms with Crippen molar-refractivity contribution in [1.29, 1.82) is 0 Å². The zero-order valence-corrected chi connectivity index (χ0v) is 14.4. The third-order valence-electron chi connectivity index (χ3n) is 4.32. The highest BCUT2D eigenvalue weighted by Gasteiger charge is 2.22. The molecule has 1 aliphatic rings. The number of nitro benzene ring substituents is 1. The lowest BCUT2D eigenvalue weighted by molar-refractivity contribution is -0.385. The predicted molar refractivity (Wildman–Crippen MR) is 94.2 cm³/mol. The Morgan fingerprint density at radius 1 is 1.24 bits per heavy atom. The maximum absolute atomic E-state index is 11.2. The third kappa shape index (κ3) is 3.97. The first-order valence-electron chi connectivity index (χ1n) is 8.35. The van der Waals surface area contributed by atoms with Crippen LogP contribution in [-0.2, 0) is 17.9 Å². The summed E-state index contributed by atoms with van der Waals surface area (Å²) in [5.41, 5.74) is 2.76. The second-order valence-corrected chi connectivity index (χ2v) is 6.47. The molecule has 0 radical (unpaired) electrons. The van der Waals surface area contributed by atoms with Crippen LogP contribution in [0.2, 0.25) is 0 Å². The molecule has 1 heterocycles. The van der Waals surface area contributed by atoms with Gasteiger partial charge in [0.2, 0.25) is 0 Å². The average Bonchev–Trinajstić information content (AvgIpc) is 2.62. The van der Waals surface area contributed by atoms with Crippen molar-refractivity contribution in [2.75, 3.05) is 6.79 Å². The van der Waals surface area contributed by atoms with Gasteiger partial charge in [-0.3, -0.25) is 10.1 Å². The van der Waals surface area contributed by atoms with E-state index in [1.54, 1.807) is 6.07 Å². The van der Waals surface area contributed by atoms with Crippen LogP contribution in [0.4, 0.5) is 5.69 Å². The number of rotatable bonds is 6. The molecule has 0 spiro atoms. The number of ether oxygens (including phenoxy) is 2. The molecule has 1 aliphatic heterocycles. The van der Waals surface area contributed by atoms with Crippen LogP contribution in [0.5, 0.6) is 5.75 Å². The van der Waals surface area contributed by atoms with Gasteiger partial charge in [-0.15, -0.1) is 0 Å². The molecule has 132 valence electrons. The Hall–Kier alpha value is -2.44. The van der Waals surface area contributed by atoms with E-state index in [4.69, 9.17) is 9.47 Å². The molecule has 0 aromatic heterocycles. The van der Waals surface area contributed by atoms with Gasteiger partial charge in [-0.2, -0.15) is 0 Å². The van der Waals surface area contributed by atoms with Gasteiger partial charge in [-0.05, 0) is 11.5 Å². The van der Waals surface area contributed by atoms with Crippen LogP contribution in [0.25, 0.3) is 0 Å². The zero-order valence-electron chi connectivity index (χ0n) is 14.4. The summed E-state index contributed by atoms with van der Waals surface area (Å²) in [4.78, 5) is 10.8. The molecule has 1 atom stereocenters. The summed E-state index contributed by atoms with van der Waals surface area (Å²) in [5.74, 6) is 1.07. The second-order valence-electron chi connectivity index (χ2n) is 6.47. The molecule has 3 rings (SSSR count). The molecule has 0 aliphatic carbocycles. The van der Waals surface area contributed by atoms with E-state index in [1.165, 1.54) is 11.6 Å². The fraction of sp³-hybridized carbons (Fsp3) is 0.368. The van der Waals surface area contributed by atoms with Crippen molar-refractivity contribution in [2.24, 2.45) is 5.92 Å². The van der Waals surface area contributed by atoms with E-state index < -0.39 is 0 Å². The van der Waals surface area contributed by atoms with Gasteiger partial charge in [0.1, 0.15) is 5.75 Å². The Morgan fingerprint density at radius 2 is 2.00 bits per heavy atom. The third-order valence-corrected chi connectivity index (χ3v) is 4.32. The van der Waals surface area contributed by atoms with Crippen LogP contribution in [0.1, 0.15) is 36.6 Å². The summed E-state index contributed by atoms with van der Waals surface area (Å²) >= 11 is 0. The minimum absolute atomic E-state index is 0.0606. The van der Waals surface area contributed by atoms with Crippen molar-refractivity contribution in [1.82, 2.24) is 5.32 Å². The zero-order chi connectivity index (χ0) is 17.8. The Labute approximate surface area is 146 Å². The molecule has 0 amide bonds. The van der Waals surface area contributed by atoms with Crippen molar-refractivity contribution >= 4 is 5.69 Å². The van der Waals surface area contributed by atoms with Crippen molar-refractivity contribution in [2.45, 2.75) is 33.0 Å². The minimum Gasteiger partial charge on any atom is -0.467 e. The lowest BCUT2D eigenvalue weighted by Gasteiger charge is -2.25. The first-order valence-corrected chi connectivity index (χ1v) is 8.35. The lowest BCUT2D eigenvalue weighted by atomic mass is 9.95. The van der Waals surface area contributed by atoms with Gasteiger partial charge in [0, 0.05) is 35.8 Å². The van der Waals surface area contributed by atoms with E-state index in [0.717, 1.165) is 11.1 Å². The molecule has 0 unspecified atom stereocenters. The Morgan fingerprint density at radius 3 is 2.68 bits per heavy atom. The van der Waals surface area contributed by atoms with Gasteiger partial charge in [-0.25, -0.2) is 0 Å². The SMILES string of the molecule is CC(C)[C@H](NCc1cc([N+](=O)[O-])cc2c1OCOC2)c1ccccc1. The van der Waals surface area contributed by atoms with Gasteiger partial charge in [0.05, 0.1) is 11.5 Å². The molecular formula is C19H22N2O4. The van der Waals surface area contributed by atoms with Crippen LogP contribution >= 0.6 is 0 Å². The fourth-order valence-electron chi connectivity index (χ4n) is 3.14. The van der Waals surface area contributed by atoms with Gasteiger partial charge < -0.3 is 14.8 Å². The lowest BCUT2D eigenvalue weighted by Crippen LogP contribution is -2.26. The van der Waals surface area contributed by atoms with Gasteiger partial charge in [-0.1, -0.05) is 44.2 Å². The fourth-order valence-corrected chi connectivity index (χ4v) is 3.14. The number of hydrogen-bond acceptors (Lipinski definition) is 5. The van der Waals surface area contributed by atoms with Crippen molar-refractivity contribution in [3.63, 3.8) is 0 Å². The number of benzene rings is 2. The first-order chi connectivity index (χ1) is 12.1. The molecular weight excluding hydrogens is 320 g/mol. The smallest absolute Gasteiger partial charge is 0.270 e. The Bertz CT molecular complexity index is 747. The maximum atomic E-state index is 11.2. The number of nitrogens with one attached hydrogen (secondary N) is 1. The summed E-state index contributed by atoms with van der Waals surface area (Å²) < 4.78 is 10.9. The van der Waals surface area contributed by atoms with E-state index >= 15 is 0 Å². The summed E-state index contributed by atoms with van der Waals surface area (Å²) in [6.07, 6.45) is 0. The van der Waals surface area contributed by atoms with Crippen molar-refractivity contribution in [3.8, 4) is 5.75 Å². The summed E-state index contributed by atoms with van der Waals surface area (Å²) in [6, 6.07) is 13.5. The van der Waals surface area contributed by atoms with Gasteiger partial charge in [0.15, 0.2) is 6.79 Å². The predicted octanol–water partition coefficient (Wildman–Crippen LogP) is 3.95. The van der Waals surface area contributed by atoms with Gasteiger partial charge in [0.25, 0.3) is 5.69 Å². The summed E-state index contributed by atoms with van der Waals surface area (Å²) in [6.45, 7) is 5.29. The molecule has 6 nitrogen and oxygen atoms in total. The number of nitro groups is 1. The highest BCUT2D eigenvalue weighted by molar-refractivity contribution is 5.50. The standard InChI is InChI=1S/C19H22N2O4/c1-13(2)18(14-6-4-3-5-7-14)20-10-15-8-17(21(22)23)9-16-11-24-12-25-19(15)16/h3-9,13,18,20H,10-12H2,1-2H3/t18-/m0/s1. The largest absolute Gasteiger partial charge is 0.467 e. The molecule has 0 fully saturated rings. The number of nitrogens with zero attached hydrogens (tertiary/aromatic N) is 1. The first kappa shape index (κ1) is 17.4. The molecule has 0 bridgehead atoms. The number of non-ortho nitro benzene ring substituents is 1. The Balaban J connectivity index is 1.86. The summed E-state index contributed by atoms with van der Waals surface area (Å²) in [7, 11) is 0. The van der Waals surface area contributed by atoms with Crippen molar-refractivity contribution < 1.29 is 14.4 Å². The minimum atomic E-state index is -0.379. The van der Waals surface area contributed by atoms with E-state index in [2.05, 4.69) is 31.3 Å². The highest BCUT2D eigenvalue weighted by Crippen LogP contribution is 2.33. The Kier molecular flexibility index (Phi) is 5.31. The van der Waals surface area contributed by atoms with Gasteiger partial charge >= 0.3 is 0 Å². The number of hydrogen-bond donors (Lipinski definition) is 1. The maximum Gasteiger partial charge on any atom is 0.270 e. The van der Waals surface area contributed by atoms with Crippen LogP contribution in [-0.4, -0.2) is 11.7 Å². The van der Waals surface area contributed by atoms with E-state index in [-0.39, 0.29) is 23.4 Å². The van der Waals surface area contributed by atoms with Crippen molar-refractivity contribution in [3.05, 3.63) is 69.3 Å².